The number of Topliss-reactive ketones (excluding diaryl/α,β-unsaturated/α-hetero) is 1. The SMILES string of the molecule is C=CC[C@@]1(C(=O)OC)O[C@H](CCOS(N)(=O)=O)C2(CC2)C1=O. The molecule has 1 spiro atoms. The molecule has 2 aliphatic rings. The van der Waals surface area contributed by atoms with E-state index in [9.17, 15) is 18.0 Å². The van der Waals surface area contributed by atoms with Crippen molar-refractivity contribution < 1.29 is 31.7 Å². The zero-order chi connectivity index (χ0) is 16.6. The van der Waals surface area contributed by atoms with Crippen LogP contribution in [-0.4, -0.2) is 45.6 Å². The van der Waals surface area contributed by atoms with Gasteiger partial charge in [0.1, 0.15) is 0 Å². The Kier molecular flexibility index (Phi) is 4.44. The van der Waals surface area contributed by atoms with Crippen LogP contribution < -0.4 is 5.14 Å². The summed E-state index contributed by atoms with van der Waals surface area (Å²) in [6.07, 6.45) is 2.13. The first-order chi connectivity index (χ1) is 10.2. The lowest BCUT2D eigenvalue weighted by molar-refractivity contribution is -0.170. The van der Waals surface area contributed by atoms with Crippen molar-refractivity contribution in [3.8, 4) is 0 Å². The number of ether oxygens (including phenoxy) is 2. The predicted molar refractivity (Wildman–Crippen MR) is 74.8 cm³/mol. The van der Waals surface area contributed by atoms with E-state index in [2.05, 4.69) is 10.8 Å². The Morgan fingerprint density at radius 1 is 1.55 bits per heavy atom. The van der Waals surface area contributed by atoms with E-state index in [0.29, 0.717) is 12.8 Å². The Bertz CT molecular complexity index is 596. The van der Waals surface area contributed by atoms with E-state index in [4.69, 9.17) is 14.6 Å². The summed E-state index contributed by atoms with van der Waals surface area (Å²) in [5.74, 6) is -1.09. The maximum Gasteiger partial charge on any atom is 0.346 e. The first-order valence-electron chi connectivity index (χ1n) is 6.81. The molecule has 0 aromatic rings. The molecule has 0 amide bonds. The second-order valence-corrected chi connectivity index (χ2v) is 6.73. The molecule has 2 rings (SSSR count). The van der Waals surface area contributed by atoms with Crippen LogP contribution in [-0.2, 0) is 33.6 Å². The molecule has 0 bridgehead atoms. The topological polar surface area (TPSA) is 122 Å². The smallest absolute Gasteiger partial charge is 0.346 e. The monoisotopic (exact) mass is 333 g/mol. The second-order valence-electron chi connectivity index (χ2n) is 5.51. The Morgan fingerprint density at radius 2 is 2.18 bits per heavy atom. The van der Waals surface area contributed by atoms with Gasteiger partial charge in [-0.1, -0.05) is 6.08 Å². The van der Waals surface area contributed by atoms with E-state index in [0.717, 1.165) is 0 Å². The molecule has 9 heteroatoms. The number of esters is 1. The molecule has 0 radical (unpaired) electrons. The molecule has 8 nitrogen and oxygen atoms in total. The van der Waals surface area contributed by atoms with E-state index in [-0.39, 0.29) is 25.2 Å². The van der Waals surface area contributed by atoms with Gasteiger partial charge in [-0.2, -0.15) is 8.42 Å². The maximum atomic E-state index is 12.7. The van der Waals surface area contributed by atoms with Gasteiger partial charge in [0, 0.05) is 6.42 Å². The average molecular weight is 333 g/mol. The van der Waals surface area contributed by atoms with Crippen molar-refractivity contribution in [3.63, 3.8) is 0 Å². The second kappa shape index (κ2) is 5.73. The third-order valence-electron chi connectivity index (χ3n) is 4.14. The molecule has 0 unspecified atom stereocenters. The fourth-order valence-electron chi connectivity index (χ4n) is 2.98. The molecule has 2 fully saturated rings. The summed E-state index contributed by atoms with van der Waals surface area (Å²) in [7, 11) is -2.87. The number of hydrogen-bond donors (Lipinski definition) is 1. The van der Waals surface area contributed by atoms with Gasteiger partial charge in [0.2, 0.25) is 5.60 Å². The average Bonchev–Trinajstić information content (AvgIpc) is 3.20. The van der Waals surface area contributed by atoms with E-state index in [1.807, 2.05) is 0 Å². The van der Waals surface area contributed by atoms with E-state index < -0.39 is 33.4 Å². The number of ketones is 1. The highest BCUT2D eigenvalue weighted by atomic mass is 32.2. The summed E-state index contributed by atoms with van der Waals surface area (Å²) in [6, 6.07) is 0. The van der Waals surface area contributed by atoms with Gasteiger partial charge in [0.25, 0.3) is 0 Å². The Morgan fingerprint density at radius 3 is 2.64 bits per heavy atom. The molecule has 0 aromatic heterocycles. The summed E-state index contributed by atoms with van der Waals surface area (Å²) in [6.45, 7) is 3.33. The number of carbonyl (C=O) groups is 2. The number of methoxy groups -OCH3 is 1. The normalized spacial score (nSPS) is 29.5. The first-order valence-corrected chi connectivity index (χ1v) is 8.28. The van der Waals surface area contributed by atoms with E-state index >= 15 is 0 Å². The minimum Gasteiger partial charge on any atom is -0.467 e. The van der Waals surface area contributed by atoms with Crippen LogP contribution in [0.2, 0.25) is 0 Å². The quantitative estimate of drug-likeness (QED) is 0.390. The van der Waals surface area contributed by atoms with Gasteiger partial charge in [-0.25, -0.2) is 9.93 Å². The molecule has 2 atom stereocenters. The molecule has 1 heterocycles. The van der Waals surface area contributed by atoms with Crippen molar-refractivity contribution in [1.82, 2.24) is 0 Å². The maximum absolute atomic E-state index is 12.7. The molecule has 1 saturated carbocycles. The van der Waals surface area contributed by atoms with Crippen LogP contribution in [0.3, 0.4) is 0 Å². The van der Waals surface area contributed by atoms with Crippen LogP contribution in [0, 0.1) is 5.41 Å². The first kappa shape index (κ1) is 17.1. The fraction of sp³-hybridized carbons (Fsp3) is 0.692. The van der Waals surface area contributed by atoms with Crippen LogP contribution in [0.25, 0.3) is 0 Å². The summed E-state index contributed by atoms with van der Waals surface area (Å²) in [4.78, 5) is 24.8. The zero-order valence-electron chi connectivity index (χ0n) is 12.2. The lowest BCUT2D eigenvalue weighted by atomic mass is 9.84. The van der Waals surface area contributed by atoms with Gasteiger partial charge in [-0.3, -0.25) is 8.98 Å². The van der Waals surface area contributed by atoms with Crippen molar-refractivity contribution in [2.45, 2.75) is 37.4 Å². The van der Waals surface area contributed by atoms with Gasteiger partial charge in [0.05, 0.1) is 25.2 Å². The number of nitrogens with two attached hydrogens (primary N) is 1. The van der Waals surface area contributed by atoms with Crippen LogP contribution >= 0.6 is 0 Å². The highest BCUT2D eigenvalue weighted by Gasteiger charge is 2.71. The molecule has 1 saturated heterocycles. The fourth-order valence-corrected chi connectivity index (χ4v) is 3.31. The van der Waals surface area contributed by atoms with Crippen molar-refractivity contribution in [2.75, 3.05) is 13.7 Å². The summed E-state index contributed by atoms with van der Waals surface area (Å²) in [5, 5.41) is 4.76. The minimum absolute atomic E-state index is 0.00675. The standard InChI is InChI=1S/C13H19NO7S/c1-3-5-13(11(16)19-2)10(15)12(6-7-12)9(21-13)4-8-20-22(14,17)18/h3,9H,1,4-8H2,2H3,(H2,14,17,18)/t9-,13-/m1/s1. The Labute approximate surface area is 128 Å². The highest BCUT2D eigenvalue weighted by Crippen LogP contribution is 2.60. The van der Waals surface area contributed by atoms with Crippen molar-refractivity contribution in [1.29, 1.82) is 0 Å². The summed E-state index contributed by atoms with van der Waals surface area (Å²) >= 11 is 0. The van der Waals surface area contributed by atoms with Crippen LogP contribution in [0.1, 0.15) is 25.7 Å². The number of carbonyl (C=O) groups excluding carboxylic acids is 2. The summed E-state index contributed by atoms with van der Waals surface area (Å²) in [5.41, 5.74) is -2.46. The molecule has 124 valence electrons. The van der Waals surface area contributed by atoms with Gasteiger partial charge >= 0.3 is 16.3 Å². The van der Waals surface area contributed by atoms with Crippen LogP contribution in [0.15, 0.2) is 12.7 Å². The van der Waals surface area contributed by atoms with Crippen LogP contribution in [0.4, 0.5) is 0 Å². The minimum atomic E-state index is -4.05. The van der Waals surface area contributed by atoms with Crippen molar-refractivity contribution in [2.24, 2.45) is 10.6 Å². The van der Waals surface area contributed by atoms with Crippen molar-refractivity contribution >= 4 is 22.1 Å². The molecular formula is C13H19NO7S. The predicted octanol–water partition coefficient (Wildman–Crippen LogP) is -0.167. The van der Waals surface area contributed by atoms with Gasteiger partial charge in [0.15, 0.2) is 5.78 Å². The molecular weight excluding hydrogens is 314 g/mol. The van der Waals surface area contributed by atoms with Gasteiger partial charge in [-0.15, -0.1) is 6.58 Å². The molecule has 0 aromatic carbocycles. The van der Waals surface area contributed by atoms with Gasteiger partial charge < -0.3 is 9.47 Å². The third kappa shape index (κ3) is 2.81. The molecule has 2 N–H and O–H groups in total. The van der Waals surface area contributed by atoms with Crippen molar-refractivity contribution in [3.05, 3.63) is 12.7 Å². The molecule has 1 aliphatic carbocycles. The highest BCUT2D eigenvalue weighted by molar-refractivity contribution is 7.84. The molecule has 22 heavy (non-hydrogen) atoms. The largest absolute Gasteiger partial charge is 0.467 e. The number of rotatable bonds is 7. The lowest BCUT2D eigenvalue weighted by Gasteiger charge is -2.23. The third-order valence-corrected chi connectivity index (χ3v) is 4.64. The number of hydrogen-bond acceptors (Lipinski definition) is 7. The summed E-state index contributed by atoms with van der Waals surface area (Å²) < 4.78 is 36.5. The lowest BCUT2D eigenvalue weighted by Crippen LogP contribution is -2.46. The molecule has 1 aliphatic heterocycles. The van der Waals surface area contributed by atoms with Crippen LogP contribution in [0.5, 0.6) is 0 Å². The Hall–Kier alpha value is -1.29. The Balaban J connectivity index is 2.18. The van der Waals surface area contributed by atoms with Gasteiger partial charge in [-0.05, 0) is 19.3 Å². The van der Waals surface area contributed by atoms with E-state index in [1.54, 1.807) is 0 Å². The zero-order valence-corrected chi connectivity index (χ0v) is 13.1. The van der Waals surface area contributed by atoms with E-state index in [1.165, 1.54) is 13.2 Å².